The molecular weight excluding hydrogens is 144 g/mol. The number of primary amides is 1. The number of carbonyl (C=O) groups excluding carboxylic acids is 1. The van der Waals surface area contributed by atoms with E-state index in [2.05, 4.69) is 10.3 Å². The monoisotopic (exact) mass is 154 g/mol. The lowest BCUT2D eigenvalue weighted by Gasteiger charge is -1.99. The lowest BCUT2D eigenvalue weighted by atomic mass is 10.4. The van der Waals surface area contributed by atoms with Gasteiger partial charge in [0.1, 0.15) is 0 Å². The van der Waals surface area contributed by atoms with E-state index in [0.717, 1.165) is 0 Å². The quantitative estimate of drug-likeness (QED) is 0.606. The van der Waals surface area contributed by atoms with Crippen molar-refractivity contribution in [1.29, 1.82) is 0 Å². The summed E-state index contributed by atoms with van der Waals surface area (Å²) >= 11 is 0. The van der Waals surface area contributed by atoms with E-state index < -0.39 is 5.91 Å². The summed E-state index contributed by atoms with van der Waals surface area (Å²) in [5.41, 5.74) is 5.49. The Morgan fingerprint density at radius 2 is 2.45 bits per heavy atom. The molecule has 0 spiro atoms. The zero-order valence-corrected chi connectivity index (χ0v) is 6.46. The van der Waals surface area contributed by atoms with Gasteiger partial charge in [0.25, 0.3) is 5.91 Å². The third kappa shape index (κ3) is 1.17. The summed E-state index contributed by atoms with van der Waals surface area (Å²) in [6.45, 7) is 0. The fraction of sp³-hybridized carbons (Fsp3) is 0.333. The van der Waals surface area contributed by atoms with E-state index in [-0.39, 0.29) is 0 Å². The number of aryl methyl sites for hydroxylation is 1. The van der Waals surface area contributed by atoms with Gasteiger partial charge in [-0.15, -0.1) is 0 Å². The van der Waals surface area contributed by atoms with E-state index in [0.29, 0.717) is 11.5 Å². The predicted octanol–water partition coefficient (Wildman–Crippen LogP) is -0.439. The van der Waals surface area contributed by atoms with Gasteiger partial charge < -0.3 is 15.6 Å². The second-order valence-corrected chi connectivity index (χ2v) is 2.17. The highest BCUT2D eigenvalue weighted by Gasteiger charge is 2.11. The Bertz CT molecular complexity index is 278. The average molecular weight is 154 g/mol. The molecule has 5 heteroatoms. The highest BCUT2D eigenvalue weighted by Crippen LogP contribution is 2.09. The molecule has 1 heterocycles. The first-order chi connectivity index (χ1) is 5.16. The fourth-order valence-electron chi connectivity index (χ4n) is 0.904. The molecule has 1 aromatic rings. The minimum Gasteiger partial charge on any atom is -0.371 e. The molecule has 0 radical (unpaired) electrons. The first-order valence-corrected chi connectivity index (χ1v) is 3.15. The van der Waals surface area contributed by atoms with E-state index in [4.69, 9.17) is 5.73 Å². The molecule has 1 aromatic heterocycles. The number of carbonyl (C=O) groups is 1. The highest BCUT2D eigenvalue weighted by molar-refractivity contribution is 5.95. The molecule has 0 unspecified atom stereocenters. The van der Waals surface area contributed by atoms with Crippen LogP contribution in [-0.4, -0.2) is 22.5 Å². The average Bonchev–Trinajstić information content (AvgIpc) is 2.30. The van der Waals surface area contributed by atoms with Gasteiger partial charge in [-0.3, -0.25) is 4.79 Å². The Balaban J connectivity index is 3.17. The second kappa shape index (κ2) is 2.61. The number of nitrogens with zero attached hydrogens (tertiary/aromatic N) is 2. The molecule has 1 rings (SSSR count). The molecule has 5 nitrogen and oxygen atoms in total. The number of nitrogens with one attached hydrogen (secondary N) is 1. The molecule has 0 atom stereocenters. The molecule has 11 heavy (non-hydrogen) atoms. The normalized spacial score (nSPS) is 9.64. The molecule has 0 aliphatic rings. The predicted molar refractivity (Wildman–Crippen MR) is 41.3 cm³/mol. The zero-order chi connectivity index (χ0) is 8.43. The van der Waals surface area contributed by atoms with Gasteiger partial charge in [0, 0.05) is 14.1 Å². The first-order valence-electron chi connectivity index (χ1n) is 3.15. The summed E-state index contributed by atoms with van der Waals surface area (Å²) in [6, 6.07) is 0. The van der Waals surface area contributed by atoms with Crippen molar-refractivity contribution < 1.29 is 4.79 Å². The van der Waals surface area contributed by atoms with E-state index in [1.807, 2.05) is 0 Å². The van der Waals surface area contributed by atoms with Crippen molar-refractivity contribution in [3.8, 4) is 0 Å². The van der Waals surface area contributed by atoms with Gasteiger partial charge in [-0.25, -0.2) is 4.98 Å². The van der Waals surface area contributed by atoms with E-state index in [1.165, 1.54) is 6.33 Å². The fourth-order valence-corrected chi connectivity index (χ4v) is 0.904. The van der Waals surface area contributed by atoms with Crippen LogP contribution in [0.25, 0.3) is 0 Å². The summed E-state index contributed by atoms with van der Waals surface area (Å²) in [6.07, 6.45) is 1.53. The third-order valence-electron chi connectivity index (χ3n) is 1.41. The maximum atomic E-state index is 10.8. The molecule has 60 valence electrons. The van der Waals surface area contributed by atoms with Crippen molar-refractivity contribution in [2.24, 2.45) is 12.8 Å². The number of hydrogen-bond donors (Lipinski definition) is 2. The van der Waals surface area contributed by atoms with E-state index >= 15 is 0 Å². The molecular formula is C6H10N4O. The largest absolute Gasteiger partial charge is 0.371 e. The summed E-state index contributed by atoms with van der Waals surface area (Å²) in [4.78, 5) is 14.7. The summed E-state index contributed by atoms with van der Waals surface area (Å²) in [7, 11) is 3.41. The highest BCUT2D eigenvalue weighted by atomic mass is 16.1. The first kappa shape index (κ1) is 7.59. The van der Waals surface area contributed by atoms with Crippen LogP contribution in [0.2, 0.25) is 0 Å². The van der Waals surface area contributed by atoms with Crippen LogP contribution in [0.3, 0.4) is 0 Å². The standard InChI is InChI=1S/C6H10N4O/c1-8-6-4(5(7)11)10(2)3-9-6/h3,8H,1-2H3,(H2,7,11). The number of aromatic nitrogens is 2. The van der Waals surface area contributed by atoms with Crippen molar-refractivity contribution in [1.82, 2.24) is 9.55 Å². The van der Waals surface area contributed by atoms with Crippen LogP contribution in [-0.2, 0) is 7.05 Å². The molecule has 0 fully saturated rings. The van der Waals surface area contributed by atoms with Gasteiger partial charge in [0.15, 0.2) is 11.5 Å². The summed E-state index contributed by atoms with van der Waals surface area (Å²) in [5.74, 6) is 0.0364. The van der Waals surface area contributed by atoms with Crippen LogP contribution in [0.15, 0.2) is 6.33 Å². The molecule has 3 N–H and O–H groups in total. The van der Waals surface area contributed by atoms with Gasteiger partial charge >= 0.3 is 0 Å². The molecule has 0 aromatic carbocycles. The molecule has 1 amide bonds. The Labute approximate surface area is 64.2 Å². The Kier molecular flexibility index (Phi) is 1.80. The zero-order valence-electron chi connectivity index (χ0n) is 6.46. The van der Waals surface area contributed by atoms with E-state index in [1.54, 1.807) is 18.7 Å². The van der Waals surface area contributed by atoms with Crippen LogP contribution >= 0.6 is 0 Å². The van der Waals surface area contributed by atoms with Crippen LogP contribution in [0.1, 0.15) is 10.5 Å². The minimum atomic E-state index is -0.477. The topological polar surface area (TPSA) is 72.9 Å². The SMILES string of the molecule is CNc1ncn(C)c1C(N)=O. The summed E-state index contributed by atoms with van der Waals surface area (Å²) in [5, 5.41) is 2.76. The van der Waals surface area contributed by atoms with Gasteiger partial charge in [0.05, 0.1) is 6.33 Å². The molecule has 0 aliphatic carbocycles. The van der Waals surface area contributed by atoms with Crippen molar-refractivity contribution in [2.45, 2.75) is 0 Å². The summed E-state index contributed by atoms with van der Waals surface area (Å²) < 4.78 is 1.58. The van der Waals surface area contributed by atoms with Crippen molar-refractivity contribution in [2.75, 3.05) is 12.4 Å². The number of hydrogen-bond acceptors (Lipinski definition) is 3. The number of amides is 1. The lowest BCUT2D eigenvalue weighted by Crippen LogP contribution is -2.16. The van der Waals surface area contributed by atoms with Crippen molar-refractivity contribution in [3.05, 3.63) is 12.0 Å². The number of anilines is 1. The number of rotatable bonds is 2. The Morgan fingerprint density at radius 1 is 1.82 bits per heavy atom. The third-order valence-corrected chi connectivity index (χ3v) is 1.41. The maximum Gasteiger partial charge on any atom is 0.269 e. The Morgan fingerprint density at radius 3 is 2.82 bits per heavy atom. The second-order valence-electron chi connectivity index (χ2n) is 2.17. The minimum absolute atomic E-state index is 0.396. The van der Waals surface area contributed by atoms with Crippen LogP contribution in [0.4, 0.5) is 5.82 Å². The molecule has 0 saturated heterocycles. The molecule has 0 bridgehead atoms. The van der Waals surface area contributed by atoms with Gasteiger partial charge in [-0.05, 0) is 0 Å². The van der Waals surface area contributed by atoms with Gasteiger partial charge in [-0.2, -0.15) is 0 Å². The van der Waals surface area contributed by atoms with Crippen molar-refractivity contribution in [3.63, 3.8) is 0 Å². The molecule has 0 aliphatic heterocycles. The maximum absolute atomic E-state index is 10.8. The molecule has 0 saturated carbocycles. The lowest BCUT2D eigenvalue weighted by molar-refractivity contribution is 0.0993. The number of imidazole rings is 1. The van der Waals surface area contributed by atoms with Crippen LogP contribution in [0, 0.1) is 0 Å². The smallest absolute Gasteiger partial charge is 0.269 e. The van der Waals surface area contributed by atoms with Crippen LogP contribution < -0.4 is 11.1 Å². The van der Waals surface area contributed by atoms with Gasteiger partial charge in [-0.1, -0.05) is 0 Å². The van der Waals surface area contributed by atoms with Gasteiger partial charge in [0.2, 0.25) is 0 Å². The Hall–Kier alpha value is -1.52. The van der Waals surface area contributed by atoms with Crippen LogP contribution in [0.5, 0.6) is 0 Å². The number of nitrogens with two attached hydrogens (primary N) is 1. The van der Waals surface area contributed by atoms with E-state index in [9.17, 15) is 4.79 Å². The van der Waals surface area contributed by atoms with Crippen molar-refractivity contribution >= 4 is 11.7 Å².